The zero-order chi connectivity index (χ0) is 17.8. The minimum Gasteiger partial charge on any atom is -0.361 e. The second-order valence-electron chi connectivity index (χ2n) is 6.48. The van der Waals surface area contributed by atoms with Gasteiger partial charge in [-0.3, -0.25) is 14.9 Å². The number of aromatic amines is 2. The van der Waals surface area contributed by atoms with Crippen molar-refractivity contribution < 1.29 is 9.59 Å². The molecule has 0 saturated carbocycles. The van der Waals surface area contributed by atoms with Crippen LogP contribution in [0.15, 0.2) is 54.9 Å². The van der Waals surface area contributed by atoms with Crippen molar-refractivity contribution in [1.29, 1.82) is 0 Å². The van der Waals surface area contributed by atoms with Crippen LogP contribution in [0.1, 0.15) is 16.7 Å². The van der Waals surface area contributed by atoms with Crippen molar-refractivity contribution in [3.05, 3.63) is 71.5 Å². The predicted octanol–water partition coefficient (Wildman–Crippen LogP) is 3.52. The van der Waals surface area contributed by atoms with Crippen molar-refractivity contribution in [3.8, 4) is 0 Å². The second kappa shape index (κ2) is 5.20. The topological polar surface area (TPSA) is 77.8 Å². The fraction of sp³-hybridized carbons (Fsp3) is 0.0476. The number of H-pyrrole nitrogens is 2. The number of para-hydroxylation sites is 1. The molecule has 0 bridgehead atoms. The lowest BCUT2D eigenvalue weighted by Gasteiger charge is -2.04. The maximum absolute atomic E-state index is 12.7. The smallest absolute Gasteiger partial charge is 0.259 e. The van der Waals surface area contributed by atoms with Crippen LogP contribution >= 0.6 is 0 Å². The quantitative estimate of drug-likeness (QED) is 0.488. The Labute approximate surface area is 148 Å². The van der Waals surface area contributed by atoms with E-state index in [1.54, 1.807) is 12.4 Å². The van der Waals surface area contributed by atoms with E-state index in [9.17, 15) is 9.59 Å². The molecule has 5 heteroatoms. The molecule has 4 aromatic rings. The largest absolute Gasteiger partial charge is 0.361 e. The van der Waals surface area contributed by atoms with Crippen LogP contribution in [0.2, 0.25) is 0 Å². The molecule has 1 aliphatic rings. The third-order valence-electron chi connectivity index (χ3n) is 4.97. The zero-order valence-corrected chi connectivity index (χ0v) is 14.0. The van der Waals surface area contributed by atoms with Gasteiger partial charge in [-0.2, -0.15) is 0 Å². The molecular formula is C21H15N3O2. The molecule has 26 heavy (non-hydrogen) atoms. The van der Waals surface area contributed by atoms with E-state index in [4.69, 9.17) is 0 Å². The summed E-state index contributed by atoms with van der Waals surface area (Å²) in [7, 11) is 0. The number of carbonyl (C=O) groups is 2. The van der Waals surface area contributed by atoms with Crippen LogP contribution in [0.4, 0.5) is 0 Å². The SMILES string of the molecule is Cc1cccc2[nH]cc(C3=C(c4c[nH]c5ccccc45)C(=O)NC3=O)c12. The monoisotopic (exact) mass is 341 g/mol. The number of benzene rings is 2. The molecule has 3 N–H and O–H groups in total. The number of fused-ring (bicyclic) bond motifs is 2. The van der Waals surface area contributed by atoms with E-state index in [1.807, 2.05) is 49.4 Å². The molecule has 0 saturated heterocycles. The summed E-state index contributed by atoms with van der Waals surface area (Å²) < 4.78 is 0. The molecule has 3 heterocycles. The number of rotatable bonds is 2. The number of aryl methyl sites for hydroxylation is 1. The molecule has 2 aromatic heterocycles. The molecule has 1 aliphatic heterocycles. The molecular weight excluding hydrogens is 326 g/mol. The Hall–Kier alpha value is -3.60. The van der Waals surface area contributed by atoms with Crippen LogP contribution < -0.4 is 5.32 Å². The molecule has 0 spiro atoms. The highest BCUT2D eigenvalue weighted by atomic mass is 16.2. The summed E-state index contributed by atoms with van der Waals surface area (Å²) in [4.78, 5) is 31.7. The molecule has 0 radical (unpaired) electrons. The average Bonchev–Trinajstić information content (AvgIpc) is 3.30. The van der Waals surface area contributed by atoms with Gasteiger partial charge in [0.25, 0.3) is 11.8 Å². The van der Waals surface area contributed by atoms with E-state index in [-0.39, 0.29) is 11.8 Å². The van der Waals surface area contributed by atoms with E-state index < -0.39 is 0 Å². The van der Waals surface area contributed by atoms with Gasteiger partial charge in [0.15, 0.2) is 0 Å². The van der Waals surface area contributed by atoms with Gasteiger partial charge in [0, 0.05) is 45.3 Å². The van der Waals surface area contributed by atoms with E-state index in [0.29, 0.717) is 11.1 Å². The van der Waals surface area contributed by atoms with Crippen LogP contribution in [0.5, 0.6) is 0 Å². The highest BCUT2D eigenvalue weighted by Gasteiger charge is 2.34. The summed E-state index contributed by atoms with van der Waals surface area (Å²) >= 11 is 0. The van der Waals surface area contributed by atoms with Crippen molar-refractivity contribution in [2.24, 2.45) is 0 Å². The number of nitrogens with one attached hydrogen (secondary N) is 3. The summed E-state index contributed by atoms with van der Waals surface area (Å²) in [5, 5.41) is 4.34. The Kier molecular flexibility index (Phi) is 2.94. The van der Waals surface area contributed by atoms with Crippen molar-refractivity contribution in [2.45, 2.75) is 6.92 Å². The van der Waals surface area contributed by atoms with E-state index >= 15 is 0 Å². The first-order valence-electron chi connectivity index (χ1n) is 8.38. The predicted molar refractivity (Wildman–Crippen MR) is 101 cm³/mol. The van der Waals surface area contributed by atoms with Gasteiger partial charge in [-0.05, 0) is 24.6 Å². The van der Waals surface area contributed by atoms with Gasteiger partial charge in [0.05, 0.1) is 11.1 Å². The van der Waals surface area contributed by atoms with Crippen molar-refractivity contribution >= 4 is 44.8 Å². The maximum Gasteiger partial charge on any atom is 0.259 e. The Morgan fingerprint density at radius 2 is 1.38 bits per heavy atom. The lowest BCUT2D eigenvalue weighted by Crippen LogP contribution is -2.22. The molecule has 0 atom stereocenters. The normalized spacial score (nSPS) is 14.7. The molecule has 5 rings (SSSR count). The summed E-state index contributed by atoms with van der Waals surface area (Å²) in [6.07, 6.45) is 3.60. The summed E-state index contributed by atoms with van der Waals surface area (Å²) in [6, 6.07) is 13.7. The van der Waals surface area contributed by atoms with Crippen molar-refractivity contribution in [3.63, 3.8) is 0 Å². The first-order valence-corrected chi connectivity index (χ1v) is 8.38. The molecule has 0 aliphatic carbocycles. The van der Waals surface area contributed by atoms with Gasteiger partial charge in [0.2, 0.25) is 0 Å². The fourth-order valence-electron chi connectivity index (χ4n) is 3.81. The lowest BCUT2D eigenvalue weighted by atomic mass is 9.94. The third-order valence-corrected chi connectivity index (χ3v) is 4.97. The van der Waals surface area contributed by atoms with Crippen molar-refractivity contribution in [2.75, 3.05) is 0 Å². The fourth-order valence-corrected chi connectivity index (χ4v) is 3.81. The Bertz CT molecular complexity index is 1260. The number of hydrogen-bond acceptors (Lipinski definition) is 2. The third kappa shape index (κ3) is 1.91. The summed E-state index contributed by atoms with van der Waals surface area (Å²) in [6.45, 7) is 2.00. The number of aromatic nitrogens is 2. The Morgan fingerprint density at radius 1 is 0.731 bits per heavy atom. The molecule has 5 nitrogen and oxygen atoms in total. The first-order chi connectivity index (χ1) is 12.6. The highest BCUT2D eigenvalue weighted by Crippen LogP contribution is 2.38. The molecule has 2 aromatic carbocycles. The molecule has 0 unspecified atom stereocenters. The van der Waals surface area contributed by atoms with E-state index in [0.717, 1.165) is 38.5 Å². The van der Waals surface area contributed by atoms with Crippen LogP contribution in [0, 0.1) is 6.92 Å². The van der Waals surface area contributed by atoms with Crippen molar-refractivity contribution in [1.82, 2.24) is 15.3 Å². The van der Waals surface area contributed by atoms with Gasteiger partial charge >= 0.3 is 0 Å². The average molecular weight is 341 g/mol. The van der Waals surface area contributed by atoms with E-state index in [2.05, 4.69) is 15.3 Å². The van der Waals surface area contributed by atoms with Crippen LogP contribution in [-0.4, -0.2) is 21.8 Å². The van der Waals surface area contributed by atoms with Gasteiger partial charge in [-0.25, -0.2) is 0 Å². The van der Waals surface area contributed by atoms with Crippen LogP contribution in [0.25, 0.3) is 33.0 Å². The van der Waals surface area contributed by atoms with Gasteiger partial charge in [-0.1, -0.05) is 30.3 Å². The zero-order valence-electron chi connectivity index (χ0n) is 14.0. The number of amides is 2. The number of imide groups is 1. The van der Waals surface area contributed by atoms with Crippen LogP contribution in [-0.2, 0) is 9.59 Å². The van der Waals surface area contributed by atoms with Gasteiger partial charge in [-0.15, -0.1) is 0 Å². The number of carbonyl (C=O) groups excluding carboxylic acids is 2. The highest BCUT2D eigenvalue weighted by molar-refractivity contribution is 6.50. The second-order valence-corrected chi connectivity index (χ2v) is 6.48. The molecule has 126 valence electrons. The minimum absolute atomic E-state index is 0.362. The maximum atomic E-state index is 12.7. The Balaban J connectivity index is 1.87. The Morgan fingerprint density at radius 3 is 2.23 bits per heavy atom. The molecule has 2 amide bonds. The number of hydrogen-bond donors (Lipinski definition) is 3. The summed E-state index contributed by atoms with van der Waals surface area (Å²) in [5.74, 6) is -0.725. The standard InChI is InChI=1S/C21H15N3O2/c1-11-5-4-8-16-17(11)14(10-23-16)19-18(20(25)24-21(19)26)13-9-22-15-7-3-2-6-12(13)15/h2-10,22-23H,1H3,(H,24,25,26). The first kappa shape index (κ1) is 14.7. The van der Waals surface area contributed by atoms with Crippen LogP contribution in [0.3, 0.4) is 0 Å². The minimum atomic E-state index is -0.363. The van der Waals surface area contributed by atoms with E-state index in [1.165, 1.54) is 0 Å². The van der Waals surface area contributed by atoms with Gasteiger partial charge in [0.1, 0.15) is 0 Å². The molecule has 0 fully saturated rings. The van der Waals surface area contributed by atoms with Gasteiger partial charge < -0.3 is 9.97 Å². The summed E-state index contributed by atoms with van der Waals surface area (Å²) in [5.41, 5.74) is 5.24. The lowest BCUT2D eigenvalue weighted by molar-refractivity contribution is -0.122.